The summed E-state index contributed by atoms with van der Waals surface area (Å²) in [5.74, 6) is 0. The SMILES string of the molecule is C=C(/C=C\C=C/C)/C=C(\C#N)C(=C)C. The van der Waals surface area contributed by atoms with Crippen LogP contribution in [-0.4, -0.2) is 0 Å². The van der Waals surface area contributed by atoms with Gasteiger partial charge in [0.2, 0.25) is 0 Å². The van der Waals surface area contributed by atoms with E-state index in [1.807, 2.05) is 31.2 Å². The predicted octanol–water partition coefficient (Wildman–Crippen LogP) is 3.70. The van der Waals surface area contributed by atoms with E-state index in [0.717, 1.165) is 11.1 Å². The molecule has 1 nitrogen and oxygen atoms in total. The molecular weight excluding hydrogens is 170 g/mol. The third kappa shape index (κ3) is 4.95. The Morgan fingerprint density at radius 2 is 1.93 bits per heavy atom. The minimum atomic E-state index is 0.570. The highest BCUT2D eigenvalue weighted by molar-refractivity contribution is 5.46. The number of allylic oxidation sites excluding steroid dienone is 8. The Balaban J connectivity index is 4.58. The van der Waals surface area contributed by atoms with Crippen molar-refractivity contribution in [2.45, 2.75) is 13.8 Å². The van der Waals surface area contributed by atoms with E-state index in [2.05, 4.69) is 19.2 Å². The van der Waals surface area contributed by atoms with Crippen molar-refractivity contribution in [3.63, 3.8) is 0 Å². The van der Waals surface area contributed by atoms with Crippen LogP contribution in [-0.2, 0) is 0 Å². The molecule has 0 rings (SSSR count). The van der Waals surface area contributed by atoms with Crippen LogP contribution in [0.2, 0.25) is 0 Å². The molecule has 0 amide bonds. The van der Waals surface area contributed by atoms with Crippen LogP contribution in [0.5, 0.6) is 0 Å². The molecule has 0 aliphatic carbocycles. The predicted molar refractivity (Wildman–Crippen MR) is 61.6 cm³/mol. The first-order valence-electron chi connectivity index (χ1n) is 4.37. The van der Waals surface area contributed by atoms with Gasteiger partial charge in [-0.25, -0.2) is 0 Å². The van der Waals surface area contributed by atoms with Gasteiger partial charge in [0.05, 0.1) is 11.6 Å². The zero-order valence-electron chi connectivity index (χ0n) is 8.75. The van der Waals surface area contributed by atoms with Gasteiger partial charge in [0.1, 0.15) is 0 Å². The van der Waals surface area contributed by atoms with Gasteiger partial charge in [0, 0.05) is 0 Å². The van der Waals surface area contributed by atoms with E-state index in [4.69, 9.17) is 5.26 Å². The number of hydrogen-bond acceptors (Lipinski definition) is 1. The van der Waals surface area contributed by atoms with Gasteiger partial charge in [0.25, 0.3) is 0 Å². The van der Waals surface area contributed by atoms with Crippen LogP contribution in [0, 0.1) is 11.3 Å². The molecule has 0 spiro atoms. The van der Waals surface area contributed by atoms with E-state index in [9.17, 15) is 0 Å². The summed E-state index contributed by atoms with van der Waals surface area (Å²) in [6.07, 6.45) is 9.29. The summed E-state index contributed by atoms with van der Waals surface area (Å²) in [6.45, 7) is 11.3. The summed E-state index contributed by atoms with van der Waals surface area (Å²) < 4.78 is 0. The van der Waals surface area contributed by atoms with Gasteiger partial charge in [-0.2, -0.15) is 5.26 Å². The summed E-state index contributed by atoms with van der Waals surface area (Å²) in [4.78, 5) is 0. The summed E-state index contributed by atoms with van der Waals surface area (Å²) in [6, 6.07) is 2.07. The van der Waals surface area contributed by atoms with Gasteiger partial charge in [-0.1, -0.05) is 37.5 Å². The average molecular weight is 185 g/mol. The van der Waals surface area contributed by atoms with E-state index in [0.29, 0.717) is 5.57 Å². The number of nitrogens with zero attached hydrogens (tertiary/aromatic N) is 1. The zero-order chi connectivity index (χ0) is 11.0. The van der Waals surface area contributed by atoms with Gasteiger partial charge in [-0.3, -0.25) is 0 Å². The molecule has 0 aromatic rings. The first-order valence-corrected chi connectivity index (χ1v) is 4.37. The molecule has 0 bridgehead atoms. The third-order valence-electron chi connectivity index (χ3n) is 1.52. The molecule has 0 saturated carbocycles. The normalized spacial score (nSPS) is 11.9. The summed E-state index contributed by atoms with van der Waals surface area (Å²) in [5.41, 5.74) is 2.12. The van der Waals surface area contributed by atoms with Crippen molar-refractivity contribution in [2.24, 2.45) is 0 Å². The van der Waals surface area contributed by atoms with Crippen LogP contribution in [0.4, 0.5) is 0 Å². The largest absolute Gasteiger partial charge is 0.192 e. The lowest BCUT2D eigenvalue weighted by Crippen LogP contribution is -1.80. The molecule has 0 aliphatic rings. The van der Waals surface area contributed by atoms with E-state index in [1.54, 1.807) is 13.0 Å². The second-order valence-corrected chi connectivity index (χ2v) is 2.91. The molecule has 0 fully saturated rings. The Bertz CT molecular complexity index is 346. The monoisotopic (exact) mass is 185 g/mol. The topological polar surface area (TPSA) is 23.8 Å². The average Bonchev–Trinajstić information content (AvgIpc) is 2.14. The first kappa shape index (κ1) is 12.2. The molecule has 0 radical (unpaired) electrons. The maximum atomic E-state index is 8.76. The smallest absolute Gasteiger partial charge is 0.0994 e. The van der Waals surface area contributed by atoms with Crippen LogP contribution in [0.1, 0.15) is 13.8 Å². The summed E-state index contributed by atoms with van der Waals surface area (Å²) in [5, 5.41) is 8.76. The molecule has 0 atom stereocenters. The minimum Gasteiger partial charge on any atom is -0.192 e. The molecule has 0 aromatic heterocycles. The lowest BCUT2D eigenvalue weighted by molar-refractivity contribution is 1.41. The van der Waals surface area contributed by atoms with Crippen molar-refractivity contribution < 1.29 is 0 Å². The second-order valence-electron chi connectivity index (χ2n) is 2.91. The molecule has 0 unspecified atom stereocenters. The van der Waals surface area contributed by atoms with Crippen molar-refractivity contribution in [3.05, 3.63) is 60.3 Å². The fourth-order valence-corrected chi connectivity index (χ4v) is 0.775. The Morgan fingerprint density at radius 1 is 1.29 bits per heavy atom. The van der Waals surface area contributed by atoms with Gasteiger partial charge < -0.3 is 0 Å². The molecular formula is C13H15N. The molecule has 0 aliphatic heterocycles. The van der Waals surface area contributed by atoms with Crippen molar-refractivity contribution in [2.75, 3.05) is 0 Å². The standard InChI is InChI=1S/C13H15N/c1-5-6-7-8-12(4)9-13(10-14)11(2)3/h5-9H,2,4H2,1,3H3/b6-5-,8-7-,13-9+. The van der Waals surface area contributed by atoms with E-state index < -0.39 is 0 Å². The van der Waals surface area contributed by atoms with E-state index in [-0.39, 0.29) is 0 Å². The molecule has 0 heterocycles. The molecule has 0 saturated heterocycles. The zero-order valence-corrected chi connectivity index (χ0v) is 8.75. The third-order valence-corrected chi connectivity index (χ3v) is 1.52. The summed E-state index contributed by atoms with van der Waals surface area (Å²) >= 11 is 0. The molecule has 72 valence electrons. The number of hydrogen-bond donors (Lipinski definition) is 0. The van der Waals surface area contributed by atoms with Crippen LogP contribution in [0.3, 0.4) is 0 Å². The van der Waals surface area contributed by atoms with Gasteiger partial charge in [-0.05, 0) is 31.1 Å². The fraction of sp³-hybridized carbons (Fsp3) is 0.154. The molecule has 0 aromatic carbocycles. The quantitative estimate of drug-likeness (QED) is 0.484. The Hall–Kier alpha value is -1.81. The van der Waals surface area contributed by atoms with Crippen LogP contribution in [0.15, 0.2) is 60.3 Å². The molecule has 0 N–H and O–H groups in total. The van der Waals surface area contributed by atoms with Crippen LogP contribution in [0.25, 0.3) is 0 Å². The van der Waals surface area contributed by atoms with Gasteiger partial charge in [-0.15, -0.1) is 0 Å². The second kappa shape index (κ2) is 6.68. The van der Waals surface area contributed by atoms with Gasteiger partial charge >= 0.3 is 0 Å². The van der Waals surface area contributed by atoms with Crippen molar-refractivity contribution >= 4 is 0 Å². The summed E-state index contributed by atoms with van der Waals surface area (Å²) in [7, 11) is 0. The molecule has 14 heavy (non-hydrogen) atoms. The lowest BCUT2D eigenvalue weighted by Gasteiger charge is -1.95. The Morgan fingerprint density at radius 3 is 2.36 bits per heavy atom. The maximum absolute atomic E-state index is 8.76. The lowest BCUT2D eigenvalue weighted by atomic mass is 10.1. The maximum Gasteiger partial charge on any atom is 0.0994 e. The Kier molecular flexibility index (Phi) is 5.82. The first-order chi connectivity index (χ1) is 6.61. The molecule has 1 heteroatoms. The highest BCUT2D eigenvalue weighted by Crippen LogP contribution is 2.09. The van der Waals surface area contributed by atoms with Crippen molar-refractivity contribution in [3.8, 4) is 6.07 Å². The fourth-order valence-electron chi connectivity index (χ4n) is 0.775. The van der Waals surface area contributed by atoms with Gasteiger partial charge in [0.15, 0.2) is 0 Å². The number of rotatable bonds is 4. The Labute approximate surface area is 86.1 Å². The van der Waals surface area contributed by atoms with E-state index >= 15 is 0 Å². The highest BCUT2D eigenvalue weighted by atomic mass is 14.2. The van der Waals surface area contributed by atoms with Crippen molar-refractivity contribution in [1.29, 1.82) is 5.26 Å². The van der Waals surface area contributed by atoms with Crippen LogP contribution >= 0.6 is 0 Å². The minimum absolute atomic E-state index is 0.570. The van der Waals surface area contributed by atoms with Crippen LogP contribution < -0.4 is 0 Å². The highest BCUT2D eigenvalue weighted by Gasteiger charge is 1.94. The van der Waals surface area contributed by atoms with E-state index in [1.165, 1.54) is 0 Å². The number of nitriles is 1. The van der Waals surface area contributed by atoms with Crippen molar-refractivity contribution in [1.82, 2.24) is 0 Å².